The van der Waals surface area contributed by atoms with Gasteiger partial charge in [-0.2, -0.15) is 11.3 Å². The predicted molar refractivity (Wildman–Crippen MR) is 73.6 cm³/mol. The second-order valence-electron chi connectivity index (χ2n) is 4.65. The molecule has 2 rings (SSSR count). The molecule has 2 atom stereocenters. The first kappa shape index (κ1) is 12.4. The summed E-state index contributed by atoms with van der Waals surface area (Å²) in [5.74, 6) is 0.930. The summed E-state index contributed by atoms with van der Waals surface area (Å²) >= 11 is 1.74. The molecule has 0 aliphatic carbocycles. The number of rotatable bonds is 4. The van der Waals surface area contributed by atoms with Gasteiger partial charge in [0, 0.05) is 12.6 Å². The van der Waals surface area contributed by atoms with Crippen molar-refractivity contribution in [2.75, 3.05) is 27.2 Å². The minimum atomic E-state index is 0.390. The molecule has 1 aliphatic heterocycles. The van der Waals surface area contributed by atoms with Gasteiger partial charge >= 0.3 is 0 Å². The molecule has 0 saturated heterocycles. The summed E-state index contributed by atoms with van der Waals surface area (Å²) in [6.07, 6.45) is 0. The van der Waals surface area contributed by atoms with Crippen LogP contribution >= 0.6 is 11.3 Å². The molecule has 1 aromatic heterocycles. The van der Waals surface area contributed by atoms with Gasteiger partial charge in [0.2, 0.25) is 0 Å². The average molecular weight is 252 g/mol. The maximum Gasteiger partial charge on any atom is 0.191 e. The second kappa shape index (κ2) is 5.51. The lowest BCUT2D eigenvalue weighted by Crippen LogP contribution is -2.41. The Balaban J connectivity index is 1.91. The lowest BCUT2D eigenvalue weighted by Gasteiger charge is -2.24. The van der Waals surface area contributed by atoms with Crippen molar-refractivity contribution in [1.29, 1.82) is 0 Å². The van der Waals surface area contributed by atoms with Gasteiger partial charge in [0.25, 0.3) is 0 Å². The Morgan fingerprint density at radius 2 is 2.47 bits per heavy atom. The Morgan fingerprint density at radius 3 is 3.00 bits per heavy atom. The molecule has 94 valence electrons. The van der Waals surface area contributed by atoms with Crippen molar-refractivity contribution in [1.82, 2.24) is 15.5 Å². The van der Waals surface area contributed by atoms with Crippen LogP contribution in [0.4, 0.5) is 0 Å². The van der Waals surface area contributed by atoms with Gasteiger partial charge in [-0.1, -0.05) is 0 Å². The Kier molecular flexibility index (Phi) is 4.02. The van der Waals surface area contributed by atoms with Gasteiger partial charge < -0.3 is 15.5 Å². The number of guanidine groups is 1. The highest BCUT2D eigenvalue weighted by Crippen LogP contribution is 2.19. The van der Waals surface area contributed by atoms with Gasteiger partial charge in [-0.15, -0.1) is 0 Å². The van der Waals surface area contributed by atoms with Crippen molar-refractivity contribution >= 4 is 17.3 Å². The molecule has 2 heterocycles. The van der Waals surface area contributed by atoms with Crippen LogP contribution in [0.1, 0.15) is 18.5 Å². The lowest BCUT2D eigenvalue weighted by atomic mass is 10.1. The van der Waals surface area contributed by atoms with Crippen LogP contribution in [0.3, 0.4) is 0 Å². The zero-order valence-corrected chi connectivity index (χ0v) is 11.4. The summed E-state index contributed by atoms with van der Waals surface area (Å²) in [6.45, 7) is 3.89. The molecule has 5 heteroatoms. The summed E-state index contributed by atoms with van der Waals surface area (Å²) in [5, 5.41) is 11.0. The Labute approximate surface area is 107 Å². The third-order valence-electron chi connectivity index (χ3n) is 2.92. The van der Waals surface area contributed by atoms with Crippen molar-refractivity contribution in [3.05, 3.63) is 22.4 Å². The monoisotopic (exact) mass is 252 g/mol. The van der Waals surface area contributed by atoms with Crippen LogP contribution in [0.25, 0.3) is 0 Å². The van der Waals surface area contributed by atoms with E-state index < -0.39 is 0 Å². The molecule has 0 fully saturated rings. The number of likely N-dealkylation sites (N-methyl/N-ethyl adjacent to an activating group) is 1. The number of hydrogen-bond donors (Lipinski definition) is 2. The smallest absolute Gasteiger partial charge is 0.191 e. The van der Waals surface area contributed by atoms with E-state index in [0.29, 0.717) is 12.1 Å². The molecule has 0 saturated carbocycles. The number of aliphatic imine (C=N–C) groups is 1. The first-order valence-electron chi connectivity index (χ1n) is 5.90. The SMILES string of the molecule is CC1CN=C(NCC(c2ccsc2)N(C)C)N1. The average Bonchev–Trinajstić information content (AvgIpc) is 2.90. The van der Waals surface area contributed by atoms with E-state index in [2.05, 4.69) is 58.4 Å². The minimum absolute atomic E-state index is 0.390. The lowest BCUT2D eigenvalue weighted by molar-refractivity contribution is 0.299. The first-order chi connectivity index (χ1) is 8.16. The van der Waals surface area contributed by atoms with Crippen molar-refractivity contribution in [3.8, 4) is 0 Å². The number of nitrogens with one attached hydrogen (secondary N) is 2. The van der Waals surface area contributed by atoms with Crippen LogP contribution in [-0.4, -0.2) is 44.1 Å². The second-order valence-corrected chi connectivity index (χ2v) is 5.43. The Hall–Kier alpha value is -1.07. The molecular weight excluding hydrogens is 232 g/mol. The molecule has 0 bridgehead atoms. The van der Waals surface area contributed by atoms with E-state index in [9.17, 15) is 0 Å². The van der Waals surface area contributed by atoms with Gasteiger partial charge in [-0.3, -0.25) is 4.99 Å². The number of thiophene rings is 1. The van der Waals surface area contributed by atoms with Gasteiger partial charge in [-0.05, 0) is 43.4 Å². The zero-order valence-electron chi connectivity index (χ0n) is 10.6. The van der Waals surface area contributed by atoms with Crippen molar-refractivity contribution in [2.24, 2.45) is 4.99 Å². The topological polar surface area (TPSA) is 39.7 Å². The summed E-state index contributed by atoms with van der Waals surface area (Å²) < 4.78 is 0. The molecule has 0 spiro atoms. The minimum Gasteiger partial charge on any atom is -0.354 e. The summed E-state index contributed by atoms with van der Waals surface area (Å²) in [5.41, 5.74) is 1.36. The molecule has 1 aliphatic rings. The first-order valence-corrected chi connectivity index (χ1v) is 6.84. The van der Waals surface area contributed by atoms with Gasteiger partial charge in [-0.25, -0.2) is 0 Å². The quantitative estimate of drug-likeness (QED) is 0.848. The third kappa shape index (κ3) is 3.20. The van der Waals surface area contributed by atoms with Crippen LogP contribution in [0, 0.1) is 0 Å². The maximum atomic E-state index is 4.41. The van der Waals surface area contributed by atoms with Crippen molar-refractivity contribution in [2.45, 2.75) is 19.0 Å². The largest absolute Gasteiger partial charge is 0.354 e. The van der Waals surface area contributed by atoms with Crippen LogP contribution < -0.4 is 10.6 Å². The fourth-order valence-corrected chi connectivity index (χ4v) is 2.62. The molecule has 2 unspecified atom stereocenters. The Bertz CT molecular complexity index is 372. The Morgan fingerprint density at radius 1 is 1.65 bits per heavy atom. The molecule has 2 N–H and O–H groups in total. The van der Waals surface area contributed by atoms with Crippen LogP contribution in [-0.2, 0) is 0 Å². The van der Waals surface area contributed by atoms with E-state index in [0.717, 1.165) is 19.0 Å². The molecule has 17 heavy (non-hydrogen) atoms. The molecule has 0 radical (unpaired) electrons. The summed E-state index contributed by atoms with van der Waals surface area (Å²) in [7, 11) is 4.22. The maximum absolute atomic E-state index is 4.41. The van der Waals surface area contributed by atoms with Crippen LogP contribution in [0.15, 0.2) is 21.8 Å². The van der Waals surface area contributed by atoms with Gasteiger partial charge in [0.1, 0.15) is 0 Å². The highest BCUT2D eigenvalue weighted by molar-refractivity contribution is 7.07. The van der Waals surface area contributed by atoms with Crippen LogP contribution in [0.5, 0.6) is 0 Å². The van der Waals surface area contributed by atoms with E-state index in [4.69, 9.17) is 0 Å². The molecular formula is C12H20N4S. The van der Waals surface area contributed by atoms with Crippen molar-refractivity contribution in [3.63, 3.8) is 0 Å². The number of nitrogens with zero attached hydrogens (tertiary/aromatic N) is 2. The number of hydrogen-bond acceptors (Lipinski definition) is 5. The summed E-state index contributed by atoms with van der Waals surface area (Å²) in [4.78, 5) is 6.64. The fourth-order valence-electron chi connectivity index (χ4n) is 1.92. The van der Waals surface area contributed by atoms with E-state index >= 15 is 0 Å². The molecule has 4 nitrogen and oxygen atoms in total. The van der Waals surface area contributed by atoms with Crippen molar-refractivity contribution < 1.29 is 0 Å². The van der Waals surface area contributed by atoms with Gasteiger partial charge in [0.05, 0.1) is 12.6 Å². The standard InChI is InChI=1S/C12H20N4S/c1-9-6-13-12(15-9)14-7-11(16(2)3)10-4-5-17-8-10/h4-5,8-9,11H,6-7H2,1-3H3,(H2,13,14,15). The van der Waals surface area contributed by atoms with E-state index in [-0.39, 0.29) is 0 Å². The molecule has 1 aromatic rings. The molecule has 0 amide bonds. The van der Waals surface area contributed by atoms with E-state index in [1.54, 1.807) is 11.3 Å². The van der Waals surface area contributed by atoms with Crippen LogP contribution in [0.2, 0.25) is 0 Å². The normalized spacial score (nSPS) is 21.2. The molecule has 0 aromatic carbocycles. The fraction of sp³-hybridized carbons (Fsp3) is 0.583. The predicted octanol–water partition coefficient (Wildman–Crippen LogP) is 1.29. The highest BCUT2D eigenvalue weighted by Gasteiger charge is 2.17. The van der Waals surface area contributed by atoms with Gasteiger partial charge in [0.15, 0.2) is 5.96 Å². The third-order valence-corrected chi connectivity index (χ3v) is 3.62. The zero-order chi connectivity index (χ0) is 12.3. The highest BCUT2D eigenvalue weighted by atomic mass is 32.1. The summed E-state index contributed by atoms with van der Waals surface area (Å²) in [6, 6.07) is 3.03. The van der Waals surface area contributed by atoms with E-state index in [1.165, 1.54) is 5.56 Å². The van der Waals surface area contributed by atoms with E-state index in [1.807, 2.05) is 0 Å².